The van der Waals surface area contributed by atoms with E-state index in [9.17, 15) is 17.2 Å². The zero-order valence-electron chi connectivity index (χ0n) is 14.8. The van der Waals surface area contributed by atoms with E-state index < -0.39 is 26.6 Å². The van der Waals surface area contributed by atoms with Gasteiger partial charge in [0.2, 0.25) is 0 Å². The summed E-state index contributed by atoms with van der Waals surface area (Å²) in [5.41, 5.74) is 2.42. The monoisotopic (exact) mass is 412 g/mol. The van der Waals surface area contributed by atoms with Crippen LogP contribution in [0.2, 0.25) is 0 Å². The number of nitrogens with one attached hydrogen (secondary N) is 2. The molecule has 29 heavy (non-hydrogen) atoms. The highest BCUT2D eigenvalue weighted by Crippen LogP contribution is 2.24. The Morgan fingerprint density at radius 3 is 2.52 bits per heavy atom. The molecule has 6 nitrogen and oxygen atoms in total. The number of benzene rings is 2. The van der Waals surface area contributed by atoms with E-state index in [1.54, 1.807) is 30.6 Å². The molecule has 0 saturated carbocycles. The minimum absolute atomic E-state index is 0.236. The zero-order chi connectivity index (χ0) is 20.4. The van der Waals surface area contributed by atoms with Gasteiger partial charge in [0.05, 0.1) is 16.1 Å². The second kappa shape index (κ2) is 7.44. The molecule has 4 aromatic rings. The molecule has 0 bridgehead atoms. The lowest BCUT2D eigenvalue weighted by Gasteiger charge is -2.08. The van der Waals surface area contributed by atoms with Gasteiger partial charge < -0.3 is 0 Å². The van der Waals surface area contributed by atoms with E-state index in [1.165, 1.54) is 6.07 Å². The second-order valence-corrected chi connectivity index (χ2v) is 7.88. The van der Waals surface area contributed by atoms with Gasteiger partial charge in [-0.15, -0.1) is 0 Å². The van der Waals surface area contributed by atoms with Crippen molar-refractivity contribution in [2.45, 2.75) is 4.90 Å². The average molecular weight is 412 g/mol. The molecule has 0 unspecified atom stereocenters. The first-order valence-corrected chi connectivity index (χ1v) is 9.94. The van der Waals surface area contributed by atoms with E-state index >= 15 is 0 Å². The Bertz CT molecular complexity index is 1300. The Hall–Kier alpha value is -3.59. The molecule has 9 heteroatoms. The fraction of sp³-hybridized carbons (Fsp3) is 0. The van der Waals surface area contributed by atoms with Crippen molar-refractivity contribution in [3.05, 3.63) is 83.8 Å². The van der Waals surface area contributed by atoms with E-state index in [4.69, 9.17) is 0 Å². The van der Waals surface area contributed by atoms with Crippen LogP contribution in [0.4, 0.5) is 14.5 Å². The third kappa shape index (κ3) is 4.14. The van der Waals surface area contributed by atoms with Crippen LogP contribution in [0, 0.1) is 11.6 Å². The van der Waals surface area contributed by atoms with Crippen LogP contribution >= 0.6 is 0 Å². The molecule has 2 aromatic carbocycles. The van der Waals surface area contributed by atoms with E-state index in [2.05, 4.69) is 19.9 Å². The van der Waals surface area contributed by atoms with Gasteiger partial charge in [-0.3, -0.25) is 14.8 Å². The van der Waals surface area contributed by atoms with Gasteiger partial charge in [-0.05, 0) is 48.0 Å². The average Bonchev–Trinajstić information content (AvgIpc) is 3.08. The van der Waals surface area contributed by atoms with Crippen molar-refractivity contribution in [3.63, 3.8) is 0 Å². The number of nitrogens with zero attached hydrogens (tertiary/aromatic N) is 2. The highest BCUT2D eigenvalue weighted by Gasteiger charge is 2.17. The molecule has 0 aliphatic carbocycles. The molecular weight excluding hydrogens is 398 g/mol. The lowest BCUT2D eigenvalue weighted by molar-refractivity contribution is 0.568. The number of aromatic nitrogens is 3. The molecule has 4 rings (SSSR count). The van der Waals surface area contributed by atoms with E-state index in [1.807, 2.05) is 18.2 Å². The summed E-state index contributed by atoms with van der Waals surface area (Å²) in [5.74, 6) is -1.95. The molecule has 2 N–H and O–H groups in total. The molecule has 0 saturated heterocycles. The number of halogens is 2. The molecule has 0 atom stereocenters. The number of sulfonamides is 1. The standard InChI is InChI=1S/C20H14F2N4O2S/c21-14-8-15(22)10-17(9-14)29(27,28)26-16-4-6-20-18(11-16)19(24-25-20)5-3-13-2-1-7-23-12-13/h1-12,26H,(H,24,25). The first kappa shape index (κ1) is 18.8. The third-order valence-electron chi connectivity index (χ3n) is 4.11. The van der Waals surface area contributed by atoms with Crippen molar-refractivity contribution < 1.29 is 17.2 Å². The quantitative estimate of drug-likeness (QED) is 0.514. The van der Waals surface area contributed by atoms with Crippen molar-refractivity contribution in [1.29, 1.82) is 0 Å². The van der Waals surface area contributed by atoms with E-state index in [0.717, 1.165) is 17.7 Å². The van der Waals surface area contributed by atoms with Crippen LogP contribution in [0.15, 0.2) is 65.8 Å². The van der Waals surface area contributed by atoms with Gasteiger partial charge in [0.15, 0.2) is 0 Å². The summed E-state index contributed by atoms with van der Waals surface area (Å²) in [6.45, 7) is 0. The Balaban J connectivity index is 1.66. The minimum atomic E-state index is -4.17. The maximum absolute atomic E-state index is 13.4. The first-order chi connectivity index (χ1) is 13.9. The van der Waals surface area contributed by atoms with Crippen LogP contribution in [0.5, 0.6) is 0 Å². The zero-order valence-corrected chi connectivity index (χ0v) is 15.6. The maximum Gasteiger partial charge on any atom is 0.262 e. The molecular formula is C20H14F2N4O2S. The van der Waals surface area contributed by atoms with E-state index in [-0.39, 0.29) is 5.69 Å². The van der Waals surface area contributed by atoms with Crippen molar-refractivity contribution in [3.8, 4) is 0 Å². The fourth-order valence-corrected chi connectivity index (χ4v) is 3.86. The second-order valence-electron chi connectivity index (χ2n) is 6.20. The molecule has 146 valence electrons. The predicted octanol–water partition coefficient (Wildman–Crippen LogP) is 4.21. The van der Waals surface area contributed by atoms with Crippen molar-refractivity contribution in [1.82, 2.24) is 15.2 Å². The predicted molar refractivity (Wildman–Crippen MR) is 106 cm³/mol. The smallest absolute Gasteiger partial charge is 0.262 e. The van der Waals surface area contributed by atoms with Gasteiger partial charge in [0.1, 0.15) is 11.6 Å². The lowest BCUT2D eigenvalue weighted by Crippen LogP contribution is -2.13. The Morgan fingerprint density at radius 1 is 1.00 bits per heavy atom. The number of hydrogen-bond acceptors (Lipinski definition) is 4. The Morgan fingerprint density at radius 2 is 1.79 bits per heavy atom. The first-order valence-electron chi connectivity index (χ1n) is 8.46. The van der Waals surface area contributed by atoms with E-state index in [0.29, 0.717) is 22.7 Å². The number of hydrogen-bond donors (Lipinski definition) is 2. The highest BCUT2D eigenvalue weighted by molar-refractivity contribution is 7.92. The van der Waals surface area contributed by atoms with Crippen LogP contribution < -0.4 is 4.72 Å². The molecule has 2 heterocycles. The summed E-state index contributed by atoms with van der Waals surface area (Å²) < 4.78 is 54.1. The molecule has 0 fully saturated rings. The number of pyridine rings is 1. The minimum Gasteiger partial charge on any atom is -0.280 e. The van der Waals surface area contributed by atoms with Crippen LogP contribution in [0.25, 0.3) is 23.1 Å². The van der Waals surface area contributed by atoms with Crippen LogP contribution in [-0.4, -0.2) is 23.6 Å². The van der Waals surface area contributed by atoms with Gasteiger partial charge in [-0.1, -0.05) is 12.1 Å². The number of rotatable bonds is 5. The SMILES string of the molecule is O=S(=O)(Nc1ccc2[nH]nc(C=Cc3cccnc3)c2c1)c1cc(F)cc(F)c1. The van der Waals surface area contributed by atoms with Gasteiger partial charge in [-0.2, -0.15) is 5.10 Å². The summed E-state index contributed by atoms with van der Waals surface area (Å²) >= 11 is 0. The van der Waals surface area contributed by atoms with Gasteiger partial charge in [0.25, 0.3) is 10.0 Å². The topological polar surface area (TPSA) is 87.7 Å². The van der Waals surface area contributed by atoms with Crippen molar-refractivity contribution >= 4 is 38.8 Å². The maximum atomic E-state index is 13.4. The summed E-state index contributed by atoms with van der Waals surface area (Å²) in [6.07, 6.45) is 6.97. The Labute approximate surface area is 165 Å². The van der Waals surface area contributed by atoms with Crippen molar-refractivity contribution in [2.75, 3.05) is 4.72 Å². The number of anilines is 1. The number of aromatic amines is 1. The summed E-state index contributed by atoms with van der Waals surface area (Å²) in [4.78, 5) is 3.53. The lowest BCUT2D eigenvalue weighted by atomic mass is 10.1. The van der Waals surface area contributed by atoms with Gasteiger partial charge >= 0.3 is 0 Å². The molecule has 0 spiro atoms. The Kier molecular flexibility index (Phi) is 4.81. The summed E-state index contributed by atoms with van der Waals surface area (Å²) in [5, 5.41) is 7.77. The van der Waals surface area contributed by atoms with Crippen LogP contribution in [-0.2, 0) is 10.0 Å². The van der Waals surface area contributed by atoms with Gasteiger partial charge in [-0.25, -0.2) is 17.2 Å². The molecule has 0 aliphatic rings. The highest BCUT2D eigenvalue weighted by atomic mass is 32.2. The normalized spacial score (nSPS) is 11.9. The molecule has 2 aromatic heterocycles. The summed E-state index contributed by atoms with van der Waals surface area (Å²) in [7, 11) is -4.17. The van der Waals surface area contributed by atoms with Crippen molar-refractivity contribution in [2.24, 2.45) is 0 Å². The molecule has 0 radical (unpaired) electrons. The molecule has 0 aliphatic heterocycles. The number of H-pyrrole nitrogens is 1. The van der Waals surface area contributed by atoms with Gasteiger partial charge in [0, 0.05) is 29.5 Å². The molecule has 0 amide bonds. The largest absolute Gasteiger partial charge is 0.280 e. The fourth-order valence-electron chi connectivity index (χ4n) is 2.77. The van der Waals surface area contributed by atoms with Crippen LogP contribution in [0.3, 0.4) is 0 Å². The third-order valence-corrected chi connectivity index (χ3v) is 5.47. The van der Waals surface area contributed by atoms with Crippen LogP contribution in [0.1, 0.15) is 11.3 Å². The number of fused-ring (bicyclic) bond motifs is 1. The summed E-state index contributed by atoms with van der Waals surface area (Å²) in [6, 6.07) is 10.6.